The highest BCUT2D eigenvalue weighted by atomic mass is 35.5. The maximum Gasteiger partial charge on any atom is 0.263 e. The molecule has 1 N–H and O–H groups in total. The Bertz CT molecular complexity index is 1030. The zero-order valence-corrected chi connectivity index (χ0v) is 14.8. The van der Waals surface area contributed by atoms with Gasteiger partial charge in [-0.25, -0.2) is 4.39 Å². The number of aromatic nitrogens is 1. The van der Waals surface area contributed by atoms with Crippen molar-refractivity contribution in [2.24, 2.45) is 0 Å². The molecule has 0 radical (unpaired) electrons. The molecule has 2 aromatic carbocycles. The number of anilines is 1. The normalized spacial score (nSPS) is 10.6. The van der Waals surface area contributed by atoms with Crippen LogP contribution in [0.4, 0.5) is 10.1 Å². The highest BCUT2D eigenvalue weighted by Crippen LogP contribution is 2.19. The fraction of sp³-hybridized carbons (Fsp3) is 0.100. The summed E-state index contributed by atoms with van der Waals surface area (Å²) in [5, 5.41) is 2.46. The summed E-state index contributed by atoms with van der Waals surface area (Å²) in [6, 6.07) is 14.7. The van der Waals surface area contributed by atoms with Gasteiger partial charge in [-0.1, -0.05) is 35.9 Å². The molecule has 0 bridgehead atoms. The predicted molar refractivity (Wildman–Crippen MR) is 100 cm³/mol. The lowest BCUT2D eigenvalue weighted by molar-refractivity contribution is 0.102. The number of carbonyl (C=O) groups is 1. The van der Waals surface area contributed by atoms with Crippen molar-refractivity contribution in [3.8, 4) is 0 Å². The van der Waals surface area contributed by atoms with Crippen LogP contribution in [0, 0.1) is 12.7 Å². The average Bonchev–Trinajstić information content (AvgIpc) is 2.61. The van der Waals surface area contributed by atoms with Crippen LogP contribution in [0.1, 0.15) is 21.5 Å². The quantitative estimate of drug-likeness (QED) is 0.746. The van der Waals surface area contributed by atoms with Gasteiger partial charge >= 0.3 is 0 Å². The fourth-order valence-corrected chi connectivity index (χ4v) is 2.76. The molecule has 4 nitrogen and oxygen atoms in total. The van der Waals surface area contributed by atoms with E-state index in [9.17, 15) is 14.0 Å². The van der Waals surface area contributed by atoms with Crippen molar-refractivity contribution in [3.63, 3.8) is 0 Å². The van der Waals surface area contributed by atoms with Gasteiger partial charge in [-0.3, -0.25) is 9.59 Å². The molecule has 0 atom stereocenters. The van der Waals surface area contributed by atoms with Crippen LogP contribution in [0.25, 0.3) is 0 Å². The monoisotopic (exact) mass is 370 g/mol. The highest BCUT2D eigenvalue weighted by Gasteiger charge is 2.13. The Morgan fingerprint density at radius 2 is 1.92 bits per heavy atom. The lowest BCUT2D eigenvalue weighted by Gasteiger charge is -2.11. The van der Waals surface area contributed by atoms with Crippen LogP contribution in [0.3, 0.4) is 0 Å². The van der Waals surface area contributed by atoms with E-state index in [1.807, 2.05) is 31.2 Å². The van der Waals surface area contributed by atoms with Crippen molar-refractivity contribution in [2.45, 2.75) is 13.5 Å². The molecule has 0 saturated heterocycles. The Balaban J connectivity index is 1.86. The topological polar surface area (TPSA) is 51.1 Å². The number of hydrogen-bond acceptors (Lipinski definition) is 2. The van der Waals surface area contributed by atoms with E-state index in [0.29, 0.717) is 12.2 Å². The third-order valence-electron chi connectivity index (χ3n) is 4.04. The summed E-state index contributed by atoms with van der Waals surface area (Å²) in [7, 11) is 0. The molecule has 0 spiro atoms. The molecule has 26 heavy (non-hydrogen) atoms. The average molecular weight is 371 g/mol. The van der Waals surface area contributed by atoms with Crippen LogP contribution in [0.15, 0.2) is 65.6 Å². The molecule has 3 rings (SSSR count). The zero-order valence-electron chi connectivity index (χ0n) is 14.0. The second-order valence-electron chi connectivity index (χ2n) is 5.86. The van der Waals surface area contributed by atoms with Gasteiger partial charge in [0.25, 0.3) is 11.5 Å². The number of pyridine rings is 1. The highest BCUT2D eigenvalue weighted by molar-refractivity contribution is 6.31. The molecule has 1 aromatic heterocycles. The molecule has 0 unspecified atom stereocenters. The van der Waals surface area contributed by atoms with E-state index in [4.69, 9.17) is 11.6 Å². The van der Waals surface area contributed by atoms with Gasteiger partial charge in [0.05, 0.1) is 11.6 Å². The molecule has 0 saturated carbocycles. The minimum atomic E-state index is -0.579. The summed E-state index contributed by atoms with van der Waals surface area (Å²) in [6.07, 6.45) is 1.64. The Hall–Kier alpha value is -2.92. The molecule has 1 amide bonds. The van der Waals surface area contributed by atoms with Crippen LogP contribution in [-0.4, -0.2) is 10.5 Å². The number of halogens is 2. The molecule has 132 valence electrons. The van der Waals surface area contributed by atoms with Gasteiger partial charge in [0.15, 0.2) is 0 Å². The minimum absolute atomic E-state index is 0.00142. The number of nitrogens with one attached hydrogen (secondary N) is 1. The molecule has 3 aromatic rings. The smallest absolute Gasteiger partial charge is 0.263 e. The molecular weight excluding hydrogens is 355 g/mol. The summed E-state index contributed by atoms with van der Waals surface area (Å²) < 4.78 is 14.7. The van der Waals surface area contributed by atoms with E-state index in [1.54, 1.807) is 12.3 Å². The van der Waals surface area contributed by atoms with Crippen molar-refractivity contribution in [1.82, 2.24) is 4.57 Å². The zero-order chi connectivity index (χ0) is 18.7. The van der Waals surface area contributed by atoms with Crippen LogP contribution < -0.4 is 10.9 Å². The molecule has 6 heteroatoms. The van der Waals surface area contributed by atoms with Crippen molar-refractivity contribution < 1.29 is 9.18 Å². The van der Waals surface area contributed by atoms with Gasteiger partial charge in [-0.2, -0.15) is 0 Å². The van der Waals surface area contributed by atoms with E-state index in [-0.39, 0.29) is 10.6 Å². The Kier molecular flexibility index (Phi) is 5.19. The first-order chi connectivity index (χ1) is 12.5. The first-order valence-corrected chi connectivity index (χ1v) is 8.34. The molecule has 0 fully saturated rings. The lowest BCUT2D eigenvalue weighted by atomic mass is 10.1. The van der Waals surface area contributed by atoms with Crippen LogP contribution in [-0.2, 0) is 6.54 Å². The molecule has 0 aliphatic carbocycles. The molecule has 0 aliphatic heterocycles. The lowest BCUT2D eigenvalue weighted by Crippen LogP contribution is -2.29. The van der Waals surface area contributed by atoms with Crippen LogP contribution in [0.5, 0.6) is 0 Å². The second kappa shape index (κ2) is 7.54. The summed E-state index contributed by atoms with van der Waals surface area (Å²) in [5.41, 5.74) is 1.98. The van der Waals surface area contributed by atoms with E-state index < -0.39 is 17.3 Å². The third-order valence-corrected chi connectivity index (χ3v) is 4.33. The third kappa shape index (κ3) is 3.83. The first-order valence-electron chi connectivity index (χ1n) is 7.96. The van der Waals surface area contributed by atoms with Gasteiger partial charge in [-0.15, -0.1) is 0 Å². The first kappa shape index (κ1) is 17.9. The van der Waals surface area contributed by atoms with Gasteiger partial charge < -0.3 is 9.88 Å². The largest absolute Gasteiger partial charge is 0.322 e. The van der Waals surface area contributed by atoms with E-state index in [0.717, 1.165) is 17.2 Å². The summed E-state index contributed by atoms with van der Waals surface area (Å²) in [5.74, 6) is -1.15. The number of benzene rings is 2. The standard InChI is InChI=1S/C20H16ClFN2O2/c1-13-5-2-3-6-14(13)12-24-10-4-7-16(20(24)26)19(25)23-15-8-9-18(22)17(21)11-15/h2-11H,12H2,1H3,(H,23,25). The Morgan fingerprint density at radius 3 is 2.65 bits per heavy atom. The van der Waals surface area contributed by atoms with E-state index in [2.05, 4.69) is 5.32 Å². The second-order valence-corrected chi connectivity index (χ2v) is 6.27. The minimum Gasteiger partial charge on any atom is -0.322 e. The Labute approximate surface area is 154 Å². The number of rotatable bonds is 4. The number of aryl methyl sites for hydroxylation is 1. The number of hydrogen-bond donors (Lipinski definition) is 1. The maximum absolute atomic E-state index is 13.2. The van der Waals surface area contributed by atoms with Crippen LogP contribution in [0.2, 0.25) is 5.02 Å². The van der Waals surface area contributed by atoms with Gasteiger partial charge in [0.2, 0.25) is 0 Å². The van der Waals surface area contributed by atoms with Crippen molar-refractivity contribution in [3.05, 3.63) is 98.7 Å². The Morgan fingerprint density at radius 1 is 1.15 bits per heavy atom. The van der Waals surface area contributed by atoms with Gasteiger partial charge in [0.1, 0.15) is 11.4 Å². The van der Waals surface area contributed by atoms with Crippen molar-refractivity contribution in [2.75, 3.05) is 5.32 Å². The molecule has 1 heterocycles. The SMILES string of the molecule is Cc1ccccc1Cn1cccc(C(=O)Nc2ccc(F)c(Cl)c2)c1=O. The fourth-order valence-electron chi connectivity index (χ4n) is 2.58. The van der Waals surface area contributed by atoms with Gasteiger partial charge in [0, 0.05) is 11.9 Å². The summed E-state index contributed by atoms with van der Waals surface area (Å²) in [4.78, 5) is 25.1. The summed E-state index contributed by atoms with van der Waals surface area (Å²) >= 11 is 5.71. The van der Waals surface area contributed by atoms with Gasteiger partial charge in [-0.05, 0) is 48.4 Å². The number of carbonyl (C=O) groups excluding carboxylic acids is 1. The summed E-state index contributed by atoms with van der Waals surface area (Å²) in [6.45, 7) is 2.34. The van der Waals surface area contributed by atoms with E-state index in [1.165, 1.54) is 22.8 Å². The van der Waals surface area contributed by atoms with E-state index >= 15 is 0 Å². The number of nitrogens with zero attached hydrogens (tertiary/aromatic N) is 1. The molecular formula is C20H16ClFN2O2. The maximum atomic E-state index is 13.2. The van der Waals surface area contributed by atoms with Crippen molar-refractivity contribution in [1.29, 1.82) is 0 Å². The molecule has 0 aliphatic rings. The van der Waals surface area contributed by atoms with Crippen LogP contribution >= 0.6 is 11.6 Å². The predicted octanol–water partition coefficient (Wildman–Crippen LogP) is 4.25. The number of amides is 1. The van der Waals surface area contributed by atoms with Crippen molar-refractivity contribution >= 4 is 23.2 Å².